The second kappa shape index (κ2) is 16.1. The molecule has 0 aliphatic rings. The summed E-state index contributed by atoms with van der Waals surface area (Å²) in [6.45, 7) is 0. The summed E-state index contributed by atoms with van der Waals surface area (Å²) in [5, 5.41) is 14.8. The summed E-state index contributed by atoms with van der Waals surface area (Å²) in [6.07, 6.45) is 0. The predicted molar refractivity (Wildman–Crippen MR) is 10.4 cm³/mol. The van der Waals surface area contributed by atoms with Crippen LogP contribution in [0.15, 0.2) is 0 Å². The van der Waals surface area contributed by atoms with E-state index < -0.39 is 5.09 Å². The van der Waals surface area contributed by atoms with Crippen molar-refractivity contribution in [1.82, 2.24) is 0 Å². The number of halogens is 1. The molecule has 0 radical (unpaired) electrons. The molecule has 0 heterocycles. The fraction of sp³-hybridized carbons (Fsp3) is 0. The molecule has 0 saturated heterocycles. The van der Waals surface area contributed by atoms with Gasteiger partial charge in [-0.3, -0.25) is 0 Å². The van der Waals surface area contributed by atoms with E-state index in [1.165, 1.54) is 0 Å². The Kier molecular flexibility index (Phi) is 51.6. The van der Waals surface area contributed by atoms with Crippen LogP contribution in [-0.4, -0.2) is 5.09 Å². The van der Waals surface area contributed by atoms with Crippen LogP contribution in [0.1, 0.15) is 0 Å². The van der Waals surface area contributed by atoms with Crippen molar-refractivity contribution in [2.45, 2.75) is 0 Å². The van der Waals surface area contributed by atoms with E-state index in [-0.39, 0.29) is 127 Å². The number of nitrogens with zero attached hydrogens (tertiary/aromatic N) is 1. The van der Waals surface area contributed by atoms with Crippen LogP contribution in [0.25, 0.3) is 0 Å². The van der Waals surface area contributed by atoms with Crippen molar-refractivity contribution >= 4 is 0 Å². The van der Waals surface area contributed by atoms with Crippen LogP contribution in [0.5, 0.6) is 0 Å². The van der Waals surface area contributed by atoms with E-state index in [4.69, 9.17) is 15.3 Å². The number of hydrogen-bond acceptors (Lipinski definition) is 3. The average molecular weight is 267 g/mol. The first-order chi connectivity index (χ1) is 1.73. The quantitative estimate of drug-likeness (QED) is 0.189. The monoisotopic (exact) mass is 267 g/mol. The van der Waals surface area contributed by atoms with Gasteiger partial charge in [0.15, 0.2) is 0 Å². The minimum absolute atomic E-state index is 0. The summed E-state index contributed by atoms with van der Waals surface area (Å²) < 4.78 is 0. The molecule has 0 aliphatic heterocycles. The topological polar surface area (TPSA) is 66.2 Å². The number of rotatable bonds is 0. The van der Waals surface area contributed by atoms with Crippen LogP contribution in [-0.2, 0) is 0 Å². The molecule has 7 heteroatoms. The van der Waals surface area contributed by atoms with Crippen molar-refractivity contribution < 1.29 is 132 Å². The summed E-state index contributed by atoms with van der Waals surface area (Å²) in [6, 6.07) is 0. The molecule has 0 saturated carbocycles. The molecule has 0 aromatic rings. The summed E-state index contributed by atoms with van der Waals surface area (Å²) in [7, 11) is 0. The van der Waals surface area contributed by atoms with Crippen LogP contribution < -0.4 is 127 Å². The van der Waals surface area contributed by atoms with Gasteiger partial charge in [0.25, 0.3) is 0 Å². The van der Waals surface area contributed by atoms with Crippen LogP contribution in [0, 0.1) is 15.3 Å². The number of hydrogen-bond donors (Lipinski definition) is 0. The summed E-state index contributed by atoms with van der Waals surface area (Å²) in [4.78, 5) is 8.25. The molecule has 0 rings (SSSR count). The van der Waals surface area contributed by atoms with Crippen LogP contribution in [0.2, 0.25) is 0 Å². The Hall–Kier alpha value is 3.20. The molecule has 0 N–H and O–H groups in total. The molecule has 7 heavy (non-hydrogen) atoms. The van der Waals surface area contributed by atoms with Gasteiger partial charge < -0.3 is 39.3 Å². The van der Waals surface area contributed by atoms with Gasteiger partial charge in [-0.1, -0.05) is 0 Å². The maximum absolute atomic E-state index is 8.25. The molecule has 4 nitrogen and oxygen atoms in total. The van der Waals surface area contributed by atoms with Gasteiger partial charge in [0.05, 0.1) is 5.09 Å². The van der Waals surface area contributed by atoms with Crippen LogP contribution in [0.3, 0.4) is 0 Å². The molecule has 0 amide bonds. The zero-order valence-corrected chi connectivity index (χ0v) is 12.5. The van der Waals surface area contributed by atoms with E-state index in [2.05, 4.69) is 0 Å². The summed E-state index contributed by atoms with van der Waals surface area (Å²) in [5.74, 6) is 0. The molecule has 0 bridgehead atoms. The largest absolute Gasteiger partial charge is 1.00 e. The van der Waals surface area contributed by atoms with Crippen molar-refractivity contribution in [2.75, 3.05) is 0 Å². The third kappa shape index (κ3) is 46.5. The summed E-state index contributed by atoms with van der Waals surface area (Å²) >= 11 is 0. The zero-order valence-electron chi connectivity index (χ0n) is 4.05. The smallest absolute Gasteiger partial charge is 1.00 e. The van der Waals surface area contributed by atoms with E-state index in [0.29, 0.717) is 0 Å². The van der Waals surface area contributed by atoms with Gasteiger partial charge in [-0.05, 0) is 0 Å². The minimum Gasteiger partial charge on any atom is -1.00 e. The maximum Gasteiger partial charge on any atom is 1.00 e. The Balaban J connectivity index is -0.0000000150. The van der Waals surface area contributed by atoms with Gasteiger partial charge in [0.2, 0.25) is 0 Å². The molecule has 0 aliphatic carbocycles. The second-order valence-electron chi connectivity index (χ2n) is 0.224. The molecule has 0 aromatic heterocycles. The van der Waals surface area contributed by atoms with Crippen molar-refractivity contribution in [3.63, 3.8) is 0 Å². The third-order valence-electron chi connectivity index (χ3n) is 0. The Morgan fingerprint density at radius 2 is 1.14 bits per heavy atom. The molecule has 0 aromatic carbocycles. The van der Waals surface area contributed by atoms with Gasteiger partial charge in [0, 0.05) is 0 Å². The van der Waals surface area contributed by atoms with Gasteiger partial charge >= 0.3 is 103 Å². The first-order valence-corrected chi connectivity index (χ1v) is 0.548. The van der Waals surface area contributed by atoms with Crippen LogP contribution in [0.4, 0.5) is 0 Å². The Morgan fingerprint density at radius 3 is 1.14 bits per heavy atom. The fourth-order valence-corrected chi connectivity index (χ4v) is 0. The summed E-state index contributed by atoms with van der Waals surface area (Å²) in [5.41, 5.74) is 0. The van der Waals surface area contributed by atoms with Crippen molar-refractivity contribution in [2.24, 2.45) is 0 Å². The van der Waals surface area contributed by atoms with E-state index in [9.17, 15) is 0 Å². The maximum atomic E-state index is 8.25. The van der Waals surface area contributed by atoms with E-state index in [1.54, 1.807) is 0 Å². The first kappa shape index (κ1) is 22.5. The molecular weight excluding hydrogens is 267 g/mol. The minimum atomic E-state index is -1.75. The predicted octanol–water partition coefficient (Wildman–Crippen LogP) is -9.23. The Morgan fingerprint density at radius 1 is 1.14 bits per heavy atom. The molecule has 0 atom stereocenters. The molecule has 0 unspecified atom stereocenters. The van der Waals surface area contributed by atoms with Crippen LogP contribution >= 0.6 is 0 Å². The standard InChI is InChI=1S/HI.2K.NO3/c;;;2-1(3)4/h1H;;;/q;2*+1;-1/p-1. The molecule has 0 fully saturated rings. The van der Waals surface area contributed by atoms with Crippen molar-refractivity contribution in [3.05, 3.63) is 15.3 Å². The first-order valence-electron chi connectivity index (χ1n) is 0.548. The van der Waals surface area contributed by atoms with Crippen molar-refractivity contribution in [3.8, 4) is 0 Å². The molecule has 32 valence electrons. The zero-order chi connectivity index (χ0) is 3.58. The molecular formula is IK2NO3. The average Bonchev–Trinajstić information content (AvgIpc) is 0.811. The van der Waals surface area contributed by atoms with E-state index >= 15 is 0 Å². The fourth-order valence-electron chi connectivity index (χ4n) is 0. The SMILES string of the molecule is O=[N+]([O-])[O-].[I-].[K+].[K+]. The van der Waals surface area contributed by atoms with Gasteiger partial charge in [-0.25, -0.2) is 0 Å². The normalized spacial score (nSPS) is 3.43. The Bertz CT molecular complexity index is 35.9. The van der Waals surface area contributed by atoms with Gasteiger partial charge in [-0.2, -0.15) is 0 Å². The second-order valence-corrected chi connectivity index (χ2v) is 0.224. The molecule has 0 spiro atoms. The van der Waals surface area contributed by atoms with Crippen molar-refractivity contribution in [1.29, 1.82) is 0 Å². The third-order valence-corrected chi connectivity index (χ3v) is 0. The van der Waals surface area contributed by atoms with Gasteiger partial charge in [-0.15, -0.1) is 0 Å². The Labute approximate surface area is 143 Å². The van der Waals surface area contributed by atoms with E-state index in [0.717, 1.165) is 0 Å². The van der Waals surface area contributed by atoms with Gasteiger partial charge in [0.1, 0.15) is 0 Å². The van der Waals surface area contributed by atoms with E-state index in [1.807, 2.05) is 0 Å².